The van der Waals surface area contributed by atoms with Gasteiger partial charge in [-0.05, 0) is 43.6 Å². The summed E-state index contributed by atoms with van der Waals surface area (Å²) in [4.78, 5) is 3.32. The number of hydrogen-bond donors (Lipinski definition) is 1. The van der Waals surface area contributed by atoms with Gasteiger partial charge in [0.15, 0.2) is 14.6 Å². The Labute approximate surface area is 128 Å². The highest BCUT2D eigenvalue weighted by atomic mass is 32.2. The molecule has 7 heteroatoms. The van der Waals surface area contributed by atoms with Gasteiger partial charge >= 0.3 is 0 Å². The Kier molecular flexibility index (Phi) is 3.46. The third kappa shape index (κ3) is 2.43. The maximum absolute atomic E-state index is 11.9. The molecule has 0 unspecified atom stereocenters. The van der Waals surface area contributed by atoms with Crippen LogP contribution in [-0.2, 0) is 21.1 Å². The van der Waals surface area contributed by atoms with Crippen LogP contribution in [0.2, 0.25) is 0 Å². The molecule has 1 fully saturated rings. The molecule has 3 rings (SSSR count). The van der Waals surface area contributed by atoms with E-state index in [0.717, 1.165) is 24.8 Å². The zero-order valence-electron chi connectivity index (χ0n) is 12.0. The summed E-state index contributed by atoms with van der Waals surface area (Å²) in [6.45, 7) is 0.648. The molecule has 1 aliphatic carbocycles. The number of H-pyrrole nitrogens is 1. The van der Waals surface area contributed by atoms with Gasteiger partial charge in [0.25, 0.3) is 0 Å². The summed E-state index contributed by atoms with van der Waals surface area (Å²) in [6.07, 6.45) is 4.37. The number of fused-ring (bicyclic) bond motifs is 1. The molecule has 0 atom stereocenters. The van der Waals surface area contributed by atoms with Crippen molar-refractivity contribution in [1.82, 2.24) is 9.55 Å². The minimum atomic E-state index is -3.30. The number of imidazole rings is 1. The summed E-state index contributed by atoms with van der Waals surface area (Å²) in [5.74, 6) is 0. The Hall–Kier alpha value is -1.18. The van der Waals surface area contributed by atoms with E-state index >= 15 is 0 Å². The topological polar surface area (TPSA) is 64.1 Å². The molecule has 1 aliphatic rings. The average molecular weight is 326 g/mol. The monoisotopic (exact) mass is 326 g/mol. The first-order valence-corrected chi connectivity index (χ1v) is 9.13. The summed E-state index contributed by atoms with van der Waals surface area (Å²) in [6, 6.07) is 5.24. The van der Waals surface area contributed by atoms with Gasteiger partial charge in [0.2, 0.25) is 0 Å². The molecule has 1 aromatic heterocycles. The van der Waals surface area contributed by atoms with Crippen LogP contribution in [0, 0.1) is 4.77 Å². The smallest absolute Gasteiger partial charge is 0.178 e. The van der Waals surface area contributed by atoms with Gasteiger partial charge in [-0.2, -0.15) is 0 Å². The Morgan fingerprint density at radius 1 is 1.43 bits per heavy atom. The van der Waals surface area contributed by atoms with Gasteiger partial charge in [0.05, 0.1) is 28.1 Å². The van der Waals surface area contributed by atoms with Gasteiger partial charge < -0.3 is 14.3 Å². The highest BCUT2D eigenvalue weighted by Gasteiger charge is 2.38. The van der Waals surface area contributed by atoms with Crippen molar-refractivity contribution < 1.29 is 13.2 Å². The second-order valence-corrected chi connectivity index (χ2v) is 8.05. The van der Waals surface area contributed by atoms with E-state index in [1.807, 2.05) is 10.6 Å². The first kappa shape index (κ1) is 14.7. The largest absolute Gasteiger partial charge is 0.376 e. The van der Waals surface area contributed by atoms with Crippen molar-refractivity contribution in [3.63, 3.8) is 0 Å². The first-order valence-electron chi connectivity index (χ1n) is 6.83. The number of para-hydroxylation sites is 1. The SMILES string of the molecule is COC1(Cn2c(=S)[nH]c3c(S(C)(=O)=O)cccc32)CCC1. The van der Waals surface area contributed by atoms with E-state index in [9.17, 15) is 8.42 Å². The van der Waals surface area contributed by atoms with E-state index in [4.69, 9.17) is 17.0 Å². The number of ether oxygens (including phenoxy) is 1. The molecule has 0 amide bonds. The first-order chi connectivity index (χ1) is 9.86. The number of hydrogen-bond acceptors (Lipinski definition) is 4. The van der Waals surface area contributed by atoms with Crippen LogP contribution in [0.25, 0.3) is 11.0 Å². The molecule has 0 spiro atoms. The fraction of sp³-hybridized carbons (Fsp3) is 0.500. The van der Waals surface area contributed by atoms with Crippen molar-refractivity contribution in [3.05, 3.63) is 23.0 Å². The predicted molar refractivity (Wildman–Crippen MR) is 83.8 cm³/mol. The third-order valence-electron chi connectivity index (χ3n) is 4.32. The lowest BCUT2D eigenvalue weighted by atomic mass is 9.80. The normalized spacial score (nSPS) is 17.8. The second-order valence-electron chi connectivity index (χ2n) is 5.68. The third-order valence-corrected chi connectivity index (χ3v) is 5.78. The molecule has 1 saturated carbocycles. The van der Waals surface area contributed by atoms with E-state index in [0.29, 0.717) is 16.8 Å². The average Bonchev–Trinajstić information content (AvgIpc) is 2.68. The van der Waals surface area contributed by atoms with Crippen molar-refractivity contribution in [2.24, 2.45) is 0 Å². The van der Waals surface area contributed by atoms with Crippen molar-refractivity contribution in [2.75, 3.05) is 13.4 Å². The number of sulfone groups is 1. The van der Waals surface area contributed by atoms with Crippen LogP contribution in [-0.4, -0.2) is 36.9 Å². The summed E-state index contributed by atoms with van der Waals surface area (Å²) in [7, 11) is -1.57. The molecule has 0 aliphatic heterocycles. The number of aromatic nitrogens is 2. The lowest BCUT2D eigenvalue weighted by Gasteiger charge is -2.40. The van der Waals surface area contributed by atoms with Crippen molar-refractivity contribution in [1.29, 1.82) is 0 Å². The lowest BCUT2D eigenvalue weighted by Crippen LogP contribution is -2.43. The number of benzene rings is 1. The summed E-state index contributed by atoms with van der Waals surface area (Å²) in [5.41, 5.74) is 1.22. The fourth-order valence-corrected chi connectivity index (χ4v) is 4.02. The maximum atomic E-state index is 11.9. The molecule has 0 radical (unpaired) electrons. The molecule has 0 saturated heterocycles. The Balaban J connectivity index is 2.17. The molecule has 1 aromatic carbocycles. The van der Waals surface area contributed by atoms with Crippen LogP contribution in [0.15, 0.2) is 23.1 Å². The van der Waals surface area contributed by atoms with E-state index < -0.39 is 9.84 Å². The Morgan fingerprint density at radius 3 is 2.67 bits per heavy atom. The molecule has 1 N–H and O–H groups in total. The zero-order valence-corrected chi connectivity index (χ0v) is 13.7. The minimum Gasteiger partial charge on any atom is -0.376 e. The summed E-state index contributed by atoms with van der Waals surface area (Å²) < 4.78 is 31.9. The Bertz CT molecular complexity index is 839. The molecule has 2 aromatic rings. The van der Waals surface area contributed by atoms with E-state index in [1.54, 1.807) is 19.2 Å². The van der Waals surface area contributed by atoms with Crippen molar-refractivity contribution >= 4 is 33.1 Å². The van der Waals surface area contributed by atoms with E-state index in [-0.39, 0.29) is 10.5 Å². The van der Waals surface area contributed by atoms with Crippen LogP contribution in [0.3, 0.4) is 0 Å². The van der Waals surface area contributed by atoms with Gasteiger partial charge in [0.1, 0.15) is 0 Å². The van der Waals surface area contributed by atoms with Crippen LogP contribution >= 0.6 is 12.2 Å². The zero-order chi connectivity index (χ0) is 15.3. The molecule has 21 heavy (non-hydrogen) atoms. The number of nitrogens with one attached hydrogen (secondary N) is 1. The molecule has 0 bridgehead atoms. The van der Waals surface area contributed by atoms with Crippen molar-refractivity contribution in [2.45, 2.75) is 36.3 Å². The highest BCUT2D eigenvalue weighted by molar-refractivity contribution is 7.91. The maximum Gasteiger partial charge on any atom is 0.178 e. The highest BCUT2D eigenvalue weighted by Crippen LogP contribution is 2.37. The van der Waals surface area contributed by atoms with Crippen LogP contribution in [0.4, 0.5) is 0 Å². The van der Waals surface area contributed by atoms with Gasteiger partial charge in [-0.15, -0.1) is 0 Å². The van der Waals surface area contributed by atoms with Crippen LogP contribution in [0.1, 0.15) is 19.3 Å². The van der Waals surface area contributed by atoms with Gasteiger partial charge in [-0.1, -0.05) is 6.07 Å². The molecule has 114 valence electrons. The fourth-order valence-electron chi connectivity index (χ4n) is 2.91. The van der Waals surface area contributed by atoms with Gasteiger partial charge in [-0.3, -0.25) is 0 Å². The molecule has 1 heterocycles. The standard InChI is InChI=1S/C14H18N2O3S2/c1-19-14(7-4-8-14)9-16-10-5-3-6-11(21(2,17)18)12(10)15-13(16)20/h3,5-6H,4,7-9H2,1-2H3,(H,15,20). The molecule has 5 nitrogen and oxygen atoms in total. The van der Waals surface area contributed by atoms with Crippen molar-refractivity contribution in [3.8, 4) is 0 Å². The van der Waals surface area contributed by atoms with Gasteiger partial charge in [0, 0.05) is 13.4 Å². The quantitative estimate of drug-likeness (QED) is 0.877. The number of methoxy groups -OCH3 is 1. The van der Waals surface area contributed by atoms with Gasteiger partial charge in [-0.25, -0.2) is 8.42 Å². The second kappa shape index (κ2) is 4.93. The summed E-state index contributed by atoms with van der Waals surface area (Å²) in [5, 5.41) is 0. The van der Waals surface area contributed by atoms with E-state index in [1.165, 1.54) is 6.26 Å². The number of aromatic amines is 1. The predicted octanol–water partition coefficient (Wildman–Crippen LogP) is 2.67. The minimum absolute atomic E-state index is 0.172. The number of rotatable bonds is 4. The molecular weight excluding hydrogens is 308 g/mol. The van der Waals surface area contributed by atoms with E-state index in [2.05, 4.69) is 4.98 Å². The lowest BCUT2D eigenvalue weighted by molar-refractivity contribution is -0.0830. The summed E-state index contributed by atoms with van der Waals surface area (Å²) >= 11 is 5.38. The Morgan fingerprint density at radius 2 is 2.14 bits per heavy atom. The number of nitrogens with zero attached hydrogens (tertiary/aromatic N) is 1. The van der Waals surface area contributed by atoms with Crippen LogP contribution < -0.4 is 0 Å². The molecular formula is C14H18N2O3S2. The van der Waals surface area contributed by atoms with Crippen LogP contribution in [0.5, 0.6) is 0 Å².